The Morgan fingerprint density at radius 2 is 1.49 bits per heavy atom. The molecule has 0 aliphatic heterocycles. The lowest BCUT2D eigenvalue weighted by atomic mass is 9.88. The Labute approximate surface area is 255 Å². The Hall–Kier alpha value is -3.63. The second-order valence-corrected chi connectivity index (χ2v) is 12.0. The second kappa shape index (κ2) is 17.5. The van der Waals surface area contributed by atoms with Crippen molar-refractivity contribution in [2.45, 2.75) is 77.7 Å². The van der Waals surface area contributed by atoms with E-state index >= 15 is 0 Å². The molecule has 0 radical (unpaired) electrons. The summed E-state index contributed by atoms with van der Waals surface area (Å²) >= 11 is 0. The largest absolute Gasteiger partial charge is 0.497 e. The van der Waals surface area contributed by atoms with Gasteiger partial charge >= 0.3 is 6.09 Å². The number of aliphatic hydroxyl groups is 1. The molecule has 0 spiro atoms. The van der Waals surface area contributed by atoms with Crippen LogP contribution in [0.25, 0.3) is 0 Å². The number of aliphatic hydroxyl groups excluding tert-OH is 1. The maximum atomic E-state index is 13.8. The van der Waals surface area contributed by atoms with Gasteiger partial charge < -0.3 is 35.3 Å². The van der Waals surface area contributed by atoms with Crippen LogP contribution >= 0.6 is 0 Å². The van der Waals surface area contributed by atoms with Crippen LogP contribution in [-0.4, -0.2) is 74.2 Å². The predicted molar refractivity (Wildman–Crippen MR) is 166 cm³/mol. The number of carbonyl (C=O) groups is 3. The van der Waals surface area contributed by atoms with E-state index in [9.17, 15) is 19.5 Å². The number of carbonyl (C=O) groups excluding carboxylic acids is 3. The average Bonchev–Trinajstić information content (AvgIpc) is 2.94. The van der Waals surface area contributed by atoms with E-state index < -0.39 is 35.8 Å². The zero-order chi connectivity index (χ0) is 32.0. The molecule has 4 atom stereocenters. The van der Waals surface area contributed by atoms with Crippen LogP contribution in [0.3, 0.4) is 0 Å². The fourth-order valence-corrected chi connectivity index (χ4v) is 4.59. The van der Waals surface area contributed by atoms with Crippen molar-refractivity contribution in [2.75, 3.05) is 27.4 Å². The molecule has 0 bridgehead atoms. The van der Waals surface area contributed by atoms with Gasteiger partial charge in [0.15, 0.2) is 0 Å². The molecule has 0 aliphatic carbocycles. The summed E-state index contributed by atoms with van der Waals surface area (Å²) < 4.78 is 15.8. The van der Waals surface area contributed by atoms with Gasteiger partial charge in [-0.3, -0.25) is 9.59 Å². The first-order valence-corrected chi connectivity index (χ1v) is 14.7. The van der Waals surface area contributed by atoms with Crippen molar-refractivity contribution in [3.63, 3.8) is 0 Å². The first-order chi connectivity index (χ1) is 20.3. The molecule has 4 N–H and O–H groups in total. The Bertz CT molecular complexity index is 1130. The van der Waals surface area contributed by atoms with Crippen LogP contribution in [0.1, 0.15) is 52.2 Å². The van der Waals surface area contributed by atoms with Gasteiger partial charge in [0.05, 0.1) is 25.9 Å². The molecule has 0 saturated heterocycles. The van der Waals surface area contributed by atoms with Crippen LogP contribution in [0.5, 0.6) is 5.75 Å². The minimum Gasteiger partial charge on any atom is -0.497 e. The van der Waals surface area contributed by atoms with Crippen molar-refractivity contribution in [2.24, 2.45) is 11.8 Å². The number of amides is 3. The average molecular weight is 600 g/mol. The van der Waals surface area contributed by atoms with Crippen molar-refractivity contribution in [3.05, 3.63) is 65.7 Å². The third kappa shape index (κ3) is 13.0. The Morgan fingerprint density at radius 3 is 2.05 bits per heavy atom. The van der Waals surface area contributed by atoms with E-state index in [1.54, 1.807) is 35.0 Å². The molecule has 3 amide bonds. The number of methoxy groups -OCH3 is 2. The lowest BCUT2D eigenvalue weighted by Gasteiger charge is -2.30. The number of ether oxygens (including phenoxy) is 3. The Kier molecular flexibility index (Phi) is 14.5. The fraction of sp³-hybridized carbons (Fsp3) is 0.545. The van der Waals surface area contributed by atoms with E-state index in [2.05, 4.69) is 16.0 Å². The fourth-order valence-electron chi connectivity index (χ4n) is 4.59. The third-order valence-electron chi connectivity index (χ3n) is 6.86. The summed E-state index contributed by atoms with van der Waals surface area (Å²) in [5, 5.41) is 20.1. The van der Waals surface area contributed by atoms with E-state index in [0.717, 1.165) is 11.1 Å². The highest BCUT2D eigenvalue weighted by Gasteiger charge is 2.32. The molecule has 0 aliphatic rings. The first kappa shape index (κ1) is 35.6. The zero-order valence-electron chi connectivity index (χ0n) is 26.5. The Balaban J connectivity index is 2.33. The zero-order valence-corrected chi connectivity index (χ0v) is 26.5. The summed E-state index contributed by atoms with van der Waals surface area (Å²) in [4.78, 5) is 39.4. The molecule has 0 aromatic heterocycles. The topological polar surface area (TPSA) is 135 Å². The van der Waals surface area contributed by atoms with Gasteiger partial charge in [-0.1, -0.05) is 56.3 Å². The molecular weight excluding hydrogens is 550 g/mol. The van der Waals surface area contributed by atoms with Crippen LogP contribution in [0, 0.1) is 11.8 Å². The van der Waals surface area contributed by atoms with Gasteiger partial charge in [0.25, 0.3) is 0 Å². The highest BCUT2D eigenvalue weighted by atomic mass is 16.6. The summed E-state index contributed by atoms with van der Waals surface area (Å²) in [6.07, 6.45) is -1.10. The molecule has 10 nitrogen and oxygen atoms in total. The van der Waals surface area contributed by atoms with E-state index in [1.807, 2.05) is 68.4 Å². The first-order valence-electron chi connectivity index (χ1n) is 14.7. The van der Waals surface area contributed by atoms with Crippen molar-refractivity contribution < 1.29 is 33.7 Å². The van der Waals surface area contributed by atoms with Gasteiger partial charge in [-0.15, -0.1) is 0 Å². The standard InChI is InChI=1S/C33H49N3O7/c1-22(2)29(31(39)34-17-18-41-6)36-30(38)25(19-24-13-15-26(42-7)16-14-24)21-28(37)27(20-23-11-9-8-10-12-23)35-32(40)43-33(3,4)5/h8-16,22,25,27-29,37H,17-21H2,1-7H3,(H,34,39)(H,35,40)(H,36,38). The van der Waals surface area contributed by atoms with Gasteiger partial charge in [-0.2, -0.15) is 0 Å². The molecule has 238 valence electrons. The van der Waals surface area contributed by atoms with Crippen LogP contribution in [-0.2, 0) is 31.9 Å². The van der Waals surface area contributed by atoms with Gasteiger partial charge in [-0.05, 0) is 69.2 Å². The number of hydrogen-bond donors (Lipinski definition) is 4. The SMILES string of the molecule is COCCNC(=O)C(NC(=O)C(Cc1ccc(OC)cc1)CC(O)C(Cc1ccccc1)NC(=O)OC(C)(C)C)C(C)C. The highest BCUT2D eigenvalue weighted by Crippen LogP contribution is 2.21. The molecule has 43 heavy (non-hydrogen) atoms. The lowest BCUT2D eigenvalue weighted by Crippen LogP contribution is -2.53. The van der Waals surface area contributed by atoms with E-state index in [-0.39, 0.29) is 24.2 Å². The molecule has 0 fully saturated rings. The number of alkyl carbamates (subject to hydrolysis) is 1. The smallest absolute Gasteiger partial charge is 0.407 e. The quantitative estimate of drug-likeness (QED) is 0.216. The lowest BCUT2D eigenvalue weighted by molar-refractivity contribution is -0.132. The summed E-state index contributed by atoms with van der Waals surface area (Å²) in [6, 6.07) is 15.3. The number of benzene rings is 2. The minimum atomic E-state index is -1.10. The summed E-state index contributed by atoms with van der Waals surface area (Å²) in [7, 11) is 3.13. The molecular formula is C33H49N3O7. The molecule has 2 rings (SSSR count). The van der Waals surface area contributed by atoms with Crippen molar-refractivity contribution in [3.8, 4) is 5.75 Å². The normalized spacial score (nSPS) is 14.3. The Morgan fingerprint density at radius 1 is 0.860 bits per heavy atom. The van der Waals surface area contributed by atoms with Crippen molar-refractivity contribution in [1.29, 1.82) is 0 Å². The van der Waals surface area contributed by atoms with Gasteiger partial charge in [-0.25, -0.2) is 4.79 Å². The molecule has 2 aromatic rings. The third-order valence-corrected chi connectivity index (χ3v) is 6.86. The highest BCUT2D eigenvalue weighted by molar-refractivity contribution is 5.88. The molecule has 4 unspecified atom stereocenters. The maximum Gasteiger partial charge on any atom is 0.407 e. The van der Waals surface area contributed by atoms with Crippen LogP contribution < -0.4 is 20.7 Å². The second-order valence-electron chi connectivity index (χ2n) is 12.0. The number of rotatable bonds is 16. The van der Waals surface area contributed by atoms with Gasteiger partial charge in [0.2, 0.25) is 11.8 Å². The summed E-state index contributed by atoms with van der Waals surface area (Å²) in [5.74, 6) is -0.890. The number of hydrogen-bond acceptors (Lipinski definition) is 7. The van der Waals surface area contributed by atoms with E-state index in [1.165, 1.54) is 0 Å². The van der Waals surface area contributed by atoms with Crippen LogP contribution in [0.4, 0.5) is 4.79 Å². The van der Waals surface area contributed by atoms with Crippen LogP contribution in [0.2, 0.25) is 0 Å². The molecule has 0 saturated carbocycles. The summed E-state index contributed by atoms with van der Waals surface area (Å²) in [5.41, 5.74) is 1.04. The van der Waals surface area contributed by atoms with E-state index in [0.29, 0.717) is 31.7 Å². The van der Waals surface area contributed by atoms with Crippen molar-refractivity contribution in [1.82, 2.24) is 16.0 Å². The number of nitrogens with one attached hydrogen (secondary N) is 3. The summed E-state index contributed by atoms with van der Waals surface area (Å²) in [6.45, 7) is 9.68. The monoisotopic (exact) mass is 599 g/mol. The predicted octanol–water partition coefficient (Wildman–Crippen LogP) is 3.64. The van der Waals surface area contributed by atoms with Crippen molar-refractivity contribution >= 4 is 17.9 Å². The van der Waals surface area contributed by atoms with Gasteiger partial charge in [0, 0.05) is 19.6 Å². The molecule has 0 heterocycles. The van der Waals surface area contributed by atoms with E-state index in [4.69, 9.17) is 14.2 Å². The molecule has 10 heteroatoms. The maximum absolute atomic E-state index is 13.8. The molecule has 2 aromatic carbocycles. The van der Waals surface area contributed by atoms with Gasteiger partial charge in [0.1, 0.15) is 17.4 Å². The minimum absolute atomic E-state index is 0.0290. The van der Waals surface area contributed by atoms with Crippen LogP contribution in [0.15, 0.2) is 54.6 Å².